The van der Waals surface area contributed by atoms with Crippen LogP contribution in [0.2, 0.25) is 0 Å². The van der Waals surface area contributed by atoms with Crippen molar-refractivity contribution in [3.05, 3.63) is 29.8 Å². The number of aryl methyl sites for hydroxylation is 1. The molecule has 22 heavy (non-hydrogen) atoms. The minimum Gasteiger partial charge on any atom is -0.406 e. The molecule has 2 rings (SSSR count). The molecule has 0 spiro atoms. The fraction of sp³-hybridized carbons (Fsp3) is 0.533. The molecule has 4 nitrogen and oxygen atoms in total. The predicted molar refractivity (Wildman–Crippen MR) is 73.4 cm³/mol. The minimum absolute atomic E-state index is 0.0461. The Hall–Kier alpha value is -1.76. The lowest BCUT2D eigenvalue weighted by Crippen LogP contribution is -2.31. The summed E-state index contributed by atoms with van der Waals surface area (Å²) in [6.07, 6.45) is -2.50. The smallest absolute Gasteiger partial charge is 0.406 e. The standard InChI is InChI=1S/C15H18F3NO3/c16-15(17,18)22-13-6-2-1-4-11(13)7-8-14(20)19-10-12-5-3-9-21-12/h1-2,4,6,12H,3,5,7-10H2,(H,19,20)/t12-/m0/s1. The monoisotopic (exact) mass is 317 g/mol. The molecule has 1 fully saturated rings. The topological polar surface area (TPSA) is 47.6 Å². The van der Waals surface area contributed by atoms with Gasteiger partial charge in [0.05, 0.1) is 6.10 Å². The molecule has 1 aromatic carbocycles. The fourth-order valence-corrected chi connectivity index (χ4v) is 2.30. The Labute approximate surface area is 126 Å². The van der Waals surface area contributed by atoms with E-state index in [4.69, 9.17) is 4.74 Å². The first-order chi connectivity index (χ1) is 10.4. The zero-order valence-electron chi connectivity index (χ0n) is 12.0. The second-order valence-corrected chi connectivity index (χ2v) is 5.09. The third kappa shape index (κ3) is 5.55. The largest absolute Gasteiger partial charge is 0.573 e. The maximum absolute atomic E-state index is 12.3. The van der Waals surface area contributed by atoms with Crippen LogP contribution in [0.3, 0.4) is 0 Å². The molecule has 0 aliphatic carbocycles. The Balaban J connectivity index is 1.81. The summed E-state index contributed by atoms with van der Waals surface area (Å²) in [5, 5.41) is 2.74. The van der Waals surface area contributed by atoms with Crippen LogP contribution in [0.1, 0.15) is 24.8 Å². The second kappa shape index (κ2) is 7.49. The quantitative estimate of drug-likeness (QED) is 0.877. The van der Waals surface area contributed by atoms with Crippen molar-refractivity contribution >= 4 is 5.91 Å². The van der Waals surface area contributed by atoms with Gasteiger partial charge in [-0.25, -0.2) is 0 Å². The summed E-state index contributed by atoms with van der Waals surface area (Å²) in [5.41, 5.74) is 0.354. The molecule has 1 N–H and O–H groups in total. The average Bonchev–Trinajstić information content (AvgIpc) is 2.96. The van der Waals surface area contributed by atoms with E-state index >= 15 is 0 Å². The fourth-order valence-electron chi connectivity index (χ4n) is 2.30. The first kappa shape index (κ1) is 16.6. The molecule has 122 valence electrons. The molecule has 1 aromatic rings. The van der Waals surface area contributed by atoms with Gasteiger partial charge in [0.15, 0.2) is 0 Å². The van der Waals surface area contributed by atoms with E-state index in [0.29, 0.717) is 18.7 Å². The number of amides is 1. The summed E-state index contributed by atoms with van der Waals surface area (Å²) >= 11 is 0. The van der Waals surface area contributed by atoms with Crippen molar-refractivity contribution < 1.29 is 27.4 Å². The Morgan fingerprint density at radius 3 is 2.82 bits per heavy atom. The van der Waals surface area contributed by atoms with E-state index in [1.54, 1.807) is 6.07 Å². The van der Waals surface area contributed by atoms with Crippen LogP contribution in [0.4, 0.5) is 13.2 Å². The maximum Gasteiger partial charge on any atom is 0.573 e. The highest BCUT2D eigenvalue weighted by Gasteiger charge is 2.31. The third-order valence-electron chi connectivity index (χ3n) is 3.37. The van der Waals surface area contributed by atoms with Gasteiger partial charge < -0.3 is 14.8 Å². The molecular formula is C15H18F3NO3. The molecule has 0 saturated carbocycles. The molecular weight excluding hydrogens is 299 g/mol. The number of nitrogens with one attached hydrogen (secondary N) is 1. The van der Waals surface area contributed by atoms with Gasteiger partial charge in [-0.2, -0.15) is 0 Å². The molecule has 1 aliphatic rings. The Morgan fingerprint density at radius 2 is 2.14 bits per heavy atom. The van der Waals surface area contributed by atoms with Crippen molar-refractivity contribution in [2.24, 2.45) is 0 Å². The number of benzene rings is 1. The molecule has 1 aliphatic heterocycles. The molecule has 0 bridgehead atoms. The lowest BCUT2D eigenvalue weighted by Gasteiger charge is -2.13. The molecule has 7 heteroatoms. The normalized spacial score (nSPS) is 18.2. The number of halogens is 3. The number of para-hydroxylation sites is 1. The van der Waals surface area contributed by atoms with Crippen LogP contribution in [-0.2, 0) is 16.0 Å². The number of rotatable bonds is 6. The van der Waals surface area contributed by atoms with E-state index in [1.165, 1.54) is 18.2 Å². The summed E-state index contributed by atoms with van der Waals surface area (Å²) in [7, 11) is 0. The lowest BCUT2D eigenvalue weighted by atomic mass is 10.1. The highest BCUT2D eigenvalue weighted by molar-refractivity contribution is 5.76. The summed E-state index contributed by atoms with van der Waals surface area (Å²) in [6.45, 7) is 1.15. The summed E-state index contributed by atoms with van der Waals surface area (Å²) in [5.74, 6) is -0.473. The Kier molecular flexibility index (Phi) is 5.65. The summed E-state index contributed by atoms with van der Waals surface area (Å²) < 4.78 is 46.2. The number of ether oxygens (including phenoxy) is 2. The van der Waals surface area contributed by atoms with E-state index in [0.717, 1.165) is 12.8 Å². The van der Waals surface area contributed by atoms with Crippen LogP contribution in [0, 0.1) is 0 Å². The first-order valence-corrected chi connectivity index (χ1v) is 7.16. The van der Waals surface area contributed by atoms with Gasteiger partial charge in [0.2, 0.25) is 5.91 Å². The average molecular weight is 317 g/mol. The predicted octanol–water partition coefficient (Wildman–Crippen LogP) is 2.81. The Bertz CT molecular complexity index is 499. The van der Waals surface area contributed by atoms with Crippen molar-refractivity contribution in [3.8, 4) is 5.75 Å². The van der Waals surface area contributed by atoms with Crippen LogP contribution in [0.25, 0.3) is 0 Å². The summed E-state index contributed by atoms with van der Waals surface area (Å²) in [4.78, 5) is 11.7. The lowest BCUT2D eigenvalue weighted by molar-refractivity contribution is -0.274. The SMILES string of the molecule is O=C(CCc1ccccc1OC(F)(F)F)NC[C@@H]1CCCO1. The van der Waals surface area contributed by atoms with Gasteiger partial charge in [-0.15, -0.1) is 13.2 Å². The summed E-state index contributed by atoms with van der Waals surface area (Å²) in [6, 6.07) is 5.84. The van der Waals surface area contributed by atoms with Gasteiger partial charge in [0.1, 0.15) is 5.75 Å². The van der Waals surface area contributed by atoms with Gasteiger partial charge in [-0.05, 0) is 30.9 Å². The minimum atomic E-state index is -4.74. The molecule has 0 aromatic heterocycles. The zero-order valence-corrected chi connectivity index (χ0v) is 12.0. The van der Waals surface area contributed by atoms with Crippen LogP contribution in [0.5, 0.6) is 5.75 Å². The van der Waals surface area contributed by atoms with Crippen molar-refractivity contribution in [1.82, 2.24) is 5.32 Å². The van der Waals surface area contributed by atoms with Crippen molar-refractivity contribution in [2.75, 3.05) is 13.2 Å². The van der Waals surface area contributed by atoms with Crippen molar-refractivity contribution in [1.29, 1.82) is 0 Å². The van der Waals surface area contributed by atoms with Gasteiger partial charge in [-0.1, -0.05) is 18.2 Å². The highest BCUT2D eigenvalue weighted by Crippen LogP contribution is 2.26. The third-order valence-corrected chi connectivity index (χ3v) is 3.37. The van der Waals surface area contributed by atoms with Crippen LogP contribution >= 0.6 is 0 Å². The molecule has 1 heterocycles. The van der Waals surface area contributed by atoms with Gasteiger partial charge in [-0.3, -0.25) is 4.79 Å². The van der Waals surface area contributed by atoms with E-state index in [1.807, 2.05) is 0 Å². The molecule has 0 unspecified atom stereocenters. The van der Waals surface area contributed by atoms with E-state index < -0.39 is 6.36 Å². The number of alkyl halides is 3. The van der Waals surface area contributed by atoms with Crippen LogP contribution in [-0.4, -0.2) is 31.5 Å². The van der Waals surface area contributed by atoms with E-state index in [2.05, 4.69) is 10.1 Å². The molecule has 1 saturated heterocycles. The Morgan fingerprint density at radius 1 is 1.36 bits per heavy atom. The van der Waals surface area contributed by atoms with E-state index in [9.17, 15) is 18.0 Å². The first-order valence-electron chi connectivity index (χ1n) is 7.16. The van der Waals surface area contributed by atoms with E-state index in [-0.39, 0.29) is 30.6 Å². The van der Waals surface area contributed by atoms with Crippen LogP contribution in [0.15, 0.2) is 24.3 Å². The molecule has 1 atom stereocenters. The van der Waals surface area contributed by atoms with Gasteiger partial charge in [0.25, 0.3) is 0 Å². The van der Waals surface area contributed by atoms with Crippen LogP contribution < -0.4 is 10.1 Å². The van der Waals surface area contributed by atoms with Gasteiger partial charge in [0, 0.05) is 19.6 Å². The van der Waals surface area contributed by atoms with Crippen molar-refractivity contribution in [3.63, 3.8) is 0 Å². The number of carbonyl (C=O) groups is 1. The second-order valence-electron chi connectivity index (χ2n) is 5.09. The number of carbonyl (C=O) groups excluding carboxylic acids is 1. The highest BCUT2D eigenvalue weighted by atomic mass is 19.4. The molecule has 1 amide bonds. The zero-order chi connectivity index (χ0) is 16.0. The van der Waals surface area contributed by atoms with Gasteiger partial charge >= 0.3 is 6.36 Å². The maximum atomic E-state index is 12.3. The molecule has 0 radical (unpaired) electrons. The van der Waals surface area contributed by atoms with Crippen molar-refractivity contribution in [2.45, 2.75) is 38.1 Å². The number of hydrogen-bond donors (Lipinski definition) is 1. The number of hydrogen-bond acceptors (Lipinski definition) is 3.